The number of aliphatic carboxylic acids is 1. The van der Waals surface area contributed by atoms with Crippen molar-refractivity contribution in [1.29, 1.82) is 0 Å². The van der Waals surface area contributed by atoms with Crippen LogP contribution in [-0.2, 0) is 4.79 Å². The van der Waals surface area contributed by atoms with Crippen LogP contribution < -0.4 is 4.74 Å². The van der Waals surface area contributed by atoms with Crippen molar-refractivity contribution < 1.29 is 23.4 Å². The van der Waals surface area contributed by atoms with Gasteiger partial charge in [-0.25, -0.2) is 13.6 Å². The molecular weight excluding hydrogens is 244 g/mol. The normalized spacial score (nSPS) is 12.4. The molecule has 94 valence electrons. The number of carboxylic acid groups (broad SMARTS) is 1. The minimum absolute atomic E-state index is 0.0492. The van der Waals surface area contributed by atoms with Gasteiger partial charge in [0.05, 0.1) is 5.39 Å². The zero-order valence-electron chi connectivity index (χ0n) is 9.35. The fraction of sp³-hybridized carbons (Fsp3) is 0.167. The number of carboxylic acids is 1. The lowest BCUT2D eigenvalue weighted by Gasteiger charge is -2.12. The predicted molar refractivity (Wildman–Crippen MR) is 59.4 cm³/mol. The van der Waals surface area contributed by atoms with E-state index in [-0.39, 0.29) is 16.7 Å². The first kappa shape index (κ1) is 12.2. The SMILES string of the molecule is C[C@H](Oc1ccnc2c(F)ccc(F)c12)C(=O)O. The highest BCUT2D eigenvalue weighted by Crippen LogP contribution is 2.28. The van der Waals surface area contributed by atoms with Crippen molar-refractivity contribution in [2.45, 2.75) is 13.0 Å². The molecule has 18 heavy (non-hydrogen) atoms. The number of nitrogens with zero attached hydrogens (tertiary/aromatic N) is 1. The van der Waals surface area contributed by atoms with E-state index in [1.54, 1.807) is 0 Å². The Morgan fingerprint density at radius 1 is 1.33 bits per heavy atom. The topological polar surface area (TPSA) is 59.4 Å². The van der Waals surface area contributed by atoms with Crippen molar-refractivity contribution in [3.8, 4) is 5.75 Å². The number of carbonyl (C=O) groups is 1. The van der Waals surface area contributed by atoms with Gasteiger partial charge in [-0.05, 0) is 25.1 Å². The average Bonchev–Trinajstić information content (AvgIpc) is 2.34. The highest BCUT2D eigenvalue weighted by atomic mass is 19.1. The van der Waals surface area contributed by atoms with E-state index in [1.807, 2.05) is 0 Å². The molecule has 0 saturated heterocycles. The molecule has 0 bridgehead atoms. The van der Waals surface area contributed by atoms with Crippen LogP contribution in [0.2, 0.25) is 0 Å². The molecule has 6 heteroatoms. The second-order valence-electron chi connectivity index (χ2n) is 3.66. The van der Waals surface area contributed by atoms with Crippen molar-refractivity contribution in [3.05, 3.63) is 36.0 Å². The monoisotopic (exact) mass is 253 g/mol. The molecule has 0 fully saturated rings. The Hall–Kier alpha value is -2.24. The van der Waals surface area contributed by atoms with Gasteiger partial charge in [-0.2, -0.15) is 0 Å². The molecule has 0 radical (unpaired) electrons. The van der Waals surface area contributed by atoms with Crippen LogP contribution in [0.25, 0.3) is 10.9 Å². The summed E-state index contributed by atoms with van der Waals surface area (Å²) >= 11 is 0. The Bertz CT molecular complexity index is 616. The first-order chi connectivity index (χ1) is 8.50. The van der Waals surface area contributed by atoms with Crippen LogP contribution in [0.3, 0.4) is 0 Å². The van der Waals surface area contributed by atoms with Crippen LogP contribution in [0.15, 0.2) is 24.4 Å². The van der Waals surface area contributed by atoms with Crippen molar-refractivity contribution in [1.82, 2.24) is 4.98 Å². The Kier molecular flexibility index (Phi) is 3.10. The third-order valence-corrected chi connectivity index (χ3v) is 2.41. The van der Waals surface area contributed by atoms with Gasteiger partial charge < -0.3 is 9.84 Å². The van der Waals surface area contributed by atoms with Gasteiger partial charge in [-0.15, -0.1) is 0 Å². The number of aromatic nitrogens is 1. The summed E-state index contributed by atoms with van der Waals surface area (Å²) in [6, 6.07) is 3.19. The Morgan fingerprint density at radius 2 is 2.00 bits per heavy atom. The Labute approximate surface area is 101 Å². The summed E-state index contributed by atoms with van der Waals surface area (Å²) in [7, 11) is 0. The van der Waals surface area contributed by atoms with Crippen molar-refractivity contribution in [2.24, 2.45) is 0 Å². The molecule has 0 aliphatic rings. The highest BCUT2D eigenvalue weighted by Gasteiger charge is 2.17. The number of pyridine rings is 1. The number of hydrogen-bond acceptors (Lipinski definition) is 3. The van der Waals surface area contributed by atoms with Crippen LogP contribution in [0.4, 0.5) is 8.78 Å². The van der Waals surface area contributed by atoms with E-state index in [0.717, 1.165) is 12.1 Å². The molecule has 1 aromatic carbocycles. The second kappa shape index (κ2) is 4.56. The first-order valence-corrected chi connectivity index (χ1v) is 5.13. The minimum Gasteiger partial charge on any atom is -0.479 e. The molecule has 0 spiro atoms. The molecule has 0 saturated carbocycles. The number of fused-ring (bicyclic) bond motifs is 1. The maximum absolute atomic E-state index is 13.6. The van der Waals surface area contributed by atoms with E-state index in [9.17, 15) is 13.6 Å². The summed E-state index contributed by atoms with van der Waals surface area (Å²) in [5.74, 6) is -2.66. The molecule has 1 aromatic heterocycles. The number of ether oxygens (including phenoxy) is 1. The lowest BCUT2D eigenvalue weighted by atomic mass is 10.2. The maximum Gasteiger partial charge on any atom is 0.344 e. The fourth-order valence-corrected chi connectivity index (χ4v) is 1.50. The van der Waals surface area contributed by atoms with Crippen molar-refractivity contribution in [3.63, 3.8) is 0 Å². The summed E-state index contributed by atoms with van der Waals surface area (Å²) < 4.78 is 32.2. The number of hydrogen-bond donors (Lipinski definition) is 1. The molecule has 0 aliphatic heterocycles. The highest BCUT2D eigenvalue weighted by molar-refractivity contribution is 5.86. The predicted octanol–water partition coefficient (Wildman–Crippen LogP) is 2.36. The maximum atomic E-state index is 13.6. The lowest BCUT2D eigenvalue weighted by molar-refractivity contribution is -0.144. The minimum atomic E-state index is -1.20. The van der Waals surface area contributed by atoms with Gasteiger partial charge >= 0.3 is 5.97 Å². The molecule has 0 amide bonds. The smallest absolute Gasteiger partial charge is 0.344 e. The molecule has 2 aromatic rings. The summed E-state index contributed by atoms with van der Waals surface area (Å²) in [6.07, 6.45) is 0.0626. The fourth-order valence-electron chi connectivity index (χ4n) is 1.50. The molecular formula is C12H9F2NO3. The Morgan fingerprint density at radius 3 is 2.67 bits per heavy atom. The van der Waals surface area contributed by atoms with E-state index in [4.69, 9.17) is 9.84 Å². The third-order valence-electron chi connectivity index (χ3n) is 2.41. The molecule has 4 nitrogen and oxygen atoms in total. The lowest BCUT2D eigenvalue weighted by Crippen LogP contribution is -2.23. The number of rotatable bonds is 3. The molecule has 1 atom stereocenters. The summed E-state index contributed by atoms with van der Waals surface area (Å²) in [6.45, 7) is 1.30. The van der Waals surface area contributed by atoms with E-state index < -0.39 is 23.7 Å². The quantitative estimate of drug-likeness (QED) is 0.912. The third kappa shape index (κ3) is 2.09. The van der Waals surface area contributed by atoms with Crippen LogP contribution >= 0.6 is 0 Å². The van der Waals surface area contributed by atoms with E-state index in [1.165, 1.54) is 19.2 Å². The standard InChI is InChI=1S/C12H9F2NO3/c1-6(12(16)17)18-9-4-5-15-11-8(14)3-2-7(13)10(9)11/h2-6H,1H3,(H,16,17)/t6-/m0/s1. The Balaban J connectivity index is 2.58. The second-order valence-corrected chi connectivity index (χ2v) is 3.66. The molecule has 1 heterocycles. The van der Waals surface area contributed by atoms with Gasteiger partial charge in [-0.3, -0.25) is 4.98 Å². The van der Waals surface area contributed by atoms with Gasteiger partial charge in [-0.1, -0.05) is 0 Å². The van der Waals surface area contributed by atoms with E-state index in [0.29, 0.717) is 0 Å². The summed E-state index contributed by atoms with van der Waals surface area (Å²) in [5, 5.41) is 8.57. The summed E-state index contributed by atoms with van der Waals surface area (Å²) in [4.78, 5) is 14.4. The molecule has 0 unspecified atom stereocenters. The van der Waals surface area contributed by atoms with Gasteiger partial charge in [0.1, 0.15) is 22.9 Å². The summed E-state index contributed by atoms with van der Waals surface area (Å²) in [5.41, 5.74) is -0.190. The van der Waals surface area contributed by atoms with Gasteiger partial charge in [0.15, 0.2) is 6.10 Å². The number of halogens is 2. The largest absolute Gasteiger partial charge is 0.479 e. The van der Waals surface area contributed by atoms with Crippen LogP contribution in [0.1, 0.15) is 6.92 Å². The molecule has 1 N–H and O–H groups in total. The van der Waals surface area contributed by atoms with Gasteiger partial charge in [0, 0.05) is 6.20 Å². The van der Waals surface area contributed by atoms with Gasteiger partial charge in [0.2, 0.25) is 0 Å². The van der Waals surface area contributed by atoms with Crippen LogP contribution in [-0.4, -0.2) is 22.2 Å². The van der Waals surface area contributed by atoms with Crippen LogP contribution in [0, 0.1) is 11.6 Å². The first-order valence-electron chi connectivity index (χ1n) is 5.13. The van der Waals surface area contributed by atoms with Crippen LogP contribution in [0.5, 0.6) is 5.75 Å². The van der Waals surface area contributed by atoms with Crippen molar-refractivity contribution in [2.75, 3.05) is 0 Å². The average molecular weight is 253 g/mol. The number of benzene rings is 1. The van der Waals surface area contributed by atoms with Gasteiger partial charge in [0.25, 0.3) is 0 Å². The molecule has 2 rings (SSSR count). The zero-order valence-corrected chi connectivity index (χ0v) is 9.35. The van der Waals surface area contributed by atoms with E-state index in [2.05, 4.69) is 4.98 Å². The van der Waals surface area contributed by atoms with E-state index >= 15 is 0 Å². The molecule has 0 aliphatic carbocycles. The zero-order chi connectivity index (χ0) is 13.3. The van der Waals surface area contributed by atoms with Crippen molar-refractivity contribution >= 4 is 16.9 Å².